The number of nitrogens with one attached hydrogen (secondary N) is 1. The second kappa shape index (κ2) is 7.71. The van der Waals surface area contributed by atoms with Gasteiger partial charge in [0.25, 0.3) is 5.69 Å². The maximum absolute atomic E-state index is 12.2. The first-order valence-electron chi connectivity index (χ1n) is 6.52. The maximum atomic E-state index is 12.2. The second-order valence-corrected chi connectivity index (χ2v) is 6.81. The van der Waals surface area contributed by atoms with Gasteiger partial charge in [0, 0.05) is 11.4 Å². The van der Waals surface area contributed by atoms with E-state index in [1.165, 1.54) is 17.5 Å². The van der Waals surface area contributed by atoms with Crippen LogP contribution in [0.15, 0.2) is 40.8 Å². The zero-order valence-corrected chi connectivity index (χ0v) is 14.2. The summed E-state index contributed by atoms with van der Waals surface area (Å²) in [5.74, 6) is -1.55. The largest absolute Gasteiger partial charge is 0.477 e. The van der Waals surface area contributed by atoms with Gasteiger partial charge in [-0.3, -0.25) is 14.9 Å². The van der Waals surface area contributed by atoms with Crippen LogP contribution in [0.1, 0.15) is 5.69 Å². The summed E-state index contributed by atoms with van der Waals surface area (Å²) in [6.45, 7) is 0. The van der Waals surface area contributed by atoms with Gasteiger partial charge in [-0.25, -0.2) is 9.78 Å². The number of aliphatic carboxylic acids is 1. The molecule has 136 valence electrons. The zero-order chi connectivity index (χ0) is 19.3. The van der Waals surface area contributed by atoms with Crippen molar-refractivity contribution in [3.05, 3.63) is 51.7 Å². The number of anilines is 1. The Kier molecular flexibility index (Phi) is 5.64. The SMILES string of the molecule is O=CNc1nc(C(=COS(=O)(=O)c2ccccc2[N+](=O)[O-])C(=O)O)cs1. The molecule has 2 N–H and O–H groups in total. The number of carboxylic acid groups (broad SMARTS) is 1. The number of thiazole rings is 1. The van der Waals surface area contributed by atoms with Gasteiger partial charge in [0.1, 0.15) is 11.8 Å². The fourth-order valence-electron chi connectivity index (χ4n) is 1.72. The number of rotatable bonds is 8. The van der Waals surface area contributed by atoms with Crippen LogP contribution in [0.25, 0.3) is 5.57 Å². The van der Waals surface area contributed by atoms with Gasteiger partial charge in [0.2, 0.25) is 6.41 Å². The molecule has 0 saturated carbocycles. The summed E-state index contributed by atoms with van der Waals surface area (Å²) in [6, 6.07) is 4.45. The van der Waals surface area contributed by atoms with E-state index in [1.54, 1.807) is 0 Å². The van der Waals surface area contributed by atoms with Crippen LogP contribution >= 0.6 is 11.3 Å². The molecule has 1 aromatic heterocycles. The lowest BCUT2D eigenvalue weighted by Crippen LogP contribution is -2.08. The number of nitro groups is 1. The Balaban J connectivity index is 2.39. The Morgan fingerprint density at radius 3 is 2.69 bits per heavy atom. The van der Waals surface area contributed by atoms with Crippen LogP contribution in [0.3, 0.4) is 0 Å². The molecule has 0 radical (unpaired) electrons. The van der Waals surface area contributed by atoms with Crippen LogP contribution < -0.4 is 5.32 Å². The highest BCUT2D eigenvalue weighted by Gasteiger charge is 2.27. The molecule has 0 atom stereocenters. The Hall–Kier alpha value is -3.32. The van der Waals surface area contributed by atoms with Crippen molar-refractivity contribution in [2.24, 2.45) is 0 Å². The fraction of sp³-hybridized carbons (Fsp3) is 0. The average Bonchev–Trinajstić information content (AvgIpc) is 3.03. The summed E-state index contributed by atoms with van der Waals surface area (Å²) in [4.78, 5) is 34.8. The highest BCUT2D eigenvalue weighted by molar-refractivity contribution is 7.87. The van der Waals surface area contributed by atoms with Gasteiger partial charge in [0.15, 0.2) is 10.0 Å². The van der Waals surface area contributed by atoms with Crippen molar-refractivity contribution in [2.45, 2.75) is 4.90 Å². The molecule has 0 aliphatic heterocycles. The van der Waals surface area contributed by atoms with E-state index in [-0.39, 0.29) is 10.8 Å². The van der Waals surface area contributed by atoms with Crippen molar-refractivity contribution in [1.82, 2.24) is 4.98 Å². The standard InChI is InChI=1S/C13H9N3O8S2/c17-7-14-13-15-9(6-25-13)8(12(18)19)5-24-26(22,23)11-4-2-1-3-10(11)16(20)21/h1-7H,(H,18,19)(H,14,15,17). The molecule has 13 heteroatoms. The minimum Gasteiger partial charge on any atom is -0.477 e. The number of hydrogen-bond acceptors (Lipinski definition) is 9. The van der Waals surface area contributed by atoms with E-state index in [0.717, 1.165) is 23.5 Å². The third kappa shape index (κ3) is 4.20. The fourth-order valence-corrected chi connectivity index (χ4v) is 3.36. The van der Waals surface area contributed by atoms with Gasteiger partial charge < -0.3 is 14.6 Å². The van der Waals surface area contributed by atoms with Crippen molar-refractivity contribution < 1.29 is 32.2 Å². The zero-order valence-electron chi connectivity index (χ0n) is 12.6. The number of nitro benzene ring substituents is 1. The van der Waals surface area contributed by atoms with Crippen molar-refractivity contribution >= 4 is 50.2 Å². The van der Waals surface area contributed by atoms with Gasteiger partial charge in [-0.05, 0) is 6.07 Å². The molecular formula is C13H9N3O8S2. The number of carboxylic acids is 1. The summed E-state index contributed by atoms with van der Waals surface area (Å²) in [5.41, 5.74) is -1.50. The molecule has 0 unspecified atom stereocenters. The molecule has 0 aliphatic rings. The summed E-state index contributed by atoms with van der Waals surface area (Å²) < 4.78 is 28.9. The highest BCUT2D eigenvalue weighted by Crippen LogP contribution is 2.26. The van der Waals surface area contributed by atoms with E-state index < -0.39 is 37.2 Å². The number of carbonyl (C=O) groups excluding carboxylic acids is 1. The van der Waals surface area contributed by atoms with Crippen LogP contribution in [0.2, 0.25) is 0 Å². The van der Waals surface area contributed by atoms with Crippen LogP contribution in [0.5, 0.6) is 0 Å². The Labute approximate surface area is 149 Å². The summed E-state index contributed by atoms with van der Waals surface area (Å²) in [5, 5.41) is 23.7. The Morgan fingerprint density at radius 2 is 2.08 bits per heavy atom. The van der Waals surface area contributed by atoms with Crippen LogP contribution in [-0.2, 0) is 23.9 Å². The van der Waals surface area contributed by atoms with Gasteiger partial charge >= 0.3 is 16.1 Å². The number of nitrogens with zero attached hydrogens (tertiary/aromatic N) is 2. The first-order chi connectivity index (χ1) is 12.3. The molecule has 0 spiro atoms. The molecule has 1 aromatic carbocycles. The second-order valence-electron chi connectivity index (χ2n) is 4.41. The minimum absolute atomic E-state index is 0.0868. The molecule has 0 bridgehead atoms. The molecular weight excluding hydrogens is 390 g/mol. The molecule has 2 aromatic rings. The van der Waals surface area contributed by atoms with Gasteiger partial charge in [-0.1, -0.05) is 12.1 Å². The highest BCUT2D eigenvalue weighted by atomic mass is 32.2. The van der Waals surface area contributed by atoms with E-state index in [9.17, 15) is 33.2 Å². The van der Waals surface area contributed by atoms with Gasteiger partial charge in [0.05, 0.1) is 10.6 Å². The van der Waals surface area contributed by atoms with E-state index in [1.807, 2.05) is 0 Å². The number of para-hydroxylation sites is 1. The lowest BCUT2D eigenvalue weighted by Gasteiger charge is -2.05. The van der Waals surface area contributed by atoms with Gasteiger partial charge in [-0.2, -0.15) is 8.42 Å². The van der Waals surface area contributed by atoms with Crippen LogP contribution in [0.4, 0.5) is 10.8 Å². The smallest absolute Gasteiger partial charge is 0.345 e. The summed E-state index contributed by atoms with van der Waals surface area (Å²) in [6.07, 6.45) is 0.746. The molecule has 0 aliphatic carbocycles. The van der Waals surface area contributed by atoms with Crippen molar-refractivity contribution in [3.8, 4) is 0 Å². The van der Waals surface area contributed by atoms with E-state index in [4.69, 9.17) is 0 Å². The van der Waals surface area contributed by atoms with Crippen molar-refractivity contribution in [3.63, 3.8) is 0 Å². The number of hydrogen-bond donors (Lipinski definition) is 2. The normalized spacial score (nSPS) is 11.6. The number of amides is 1. The molecule has 11 nitrogen and oxygen atoms in total. The van der Waals surface area contributed by atoms with E-state index >= 15 is 0 Å². The number of aromatic nitrogens is 1. The molecule has 0 fully saturated rings. The monoisotopic (exact) mass is 399 g/mol. The maximum Gasteiger partial charge on any atom is 0.345 e. The predicted octanol–water partition coefficient (Wildman–Crippen LogP) is 1.45. The average molecular weight is 399 g/mol. The molecule has 1 heterocycles. The quantitative estimate of drug-likeness (QED) is 0.167. The molecule has 0 saturated heterocycles. The topological polar surface area (TPSA) is 166 Å². The molecule has 26 heavy (non-hydrogen) atoms. The number of carbonyl (C=O) groups is 2. The van der Waals surface area contributed by atoms with Crippen molar-refractivity contribution in [1.29, 1.82) is 0 Å². The lowest BCUT2D eigenvalue weighted by atomic mass is 10.2. The van der Waals surface area contributed by atoms with Crippen LogP contribution in [-0.4, -0.2) is 35.8 Å². The third-order valence-electron chi connectivity index (χ3n) is 2.82. The van der Waals surface area contributed by atoms with Crippen LogP contribution in [0, 0.1) is 10.1 Å². The van der Waals surface area contributed by atoms with E-state index in [2.05, 4.69) is 14.5 Å². The number of benzene rings is 1. The minimum atomic E-state index is -4.65. The Morgan fingerprint density at radius 1 is 1.38 bits per heavy atom. The van der Waals surface area contributed by atoms with Gasteiger partial charge in [-0.15, -0.1) is 11.3 Å². The first-order valence-corrected chi connectivity index (χ1v) is 8.81. The summed E-state index contributed by atoms with van der Waals surface area (Å²) in [7, 11) is -4.65. The Bertz CT molecular complexity index is 996. The molecule has 2 rings (SSSR count). The lowest BCUT2D eigenvalue weighted by molar-refractivity contribution is -0.387. The third-order valence-corrected chi connectivity index (χ3v) is 4.82. The van der Waals surface area contributed by atoms with Crippen molar-refractivity contribution in [2.75, 3.05) is 5.32 Å². The summed E-state index contributed by atoms with van der Waals surface area (Å²) >= 11 is 0.904. The van der Waals surface area contributed by atoms with E-state index in [0.29, 0.717) is 12.7 Å². The predicted molar refractivity (Wildman–Crippen MR) is 88.8 cm³/mol. The molecule has 1 amide bonds. The first kappa shape index (κ1) is 19.0.